The molecule has 3 N–H and O–H groups in total. The lowest BCUT2D eigenvalue weighted by Crippen LogP contribution is -2.39. The van der Waals surface area contributed by atoms with Crippen LogP contribution in [-0.2, 0) is 5.60 Å². The zero-order valence-corrected chi connectivity index (χ0v) is 11.5. The van der Waals surface area contributed by atoms with Gasteiger partial charge in [-0.1, -0.05) is 30.3 Å². The molecule has 0 spiro atoms. The van der Waals surface area contributed by atoms with Crippen molar-refractivity contribution in [3.63, 3.8) is 0 Å². The molecule has 0 aromatic heterocycles. The van der Waals surface area contributed by atoms with E-state index in [4.69, 9.17) is 5.73 Å². The van der Waals surface area contributed by atoms with Crippen LogP contribution in [0.25, 0.3) is 0 Å². The molecule has 3 rings (SSSR count). The van der Waals surface area contributed by atoms with Crippen LogP contribution in [0.15, 0.2) is 53.5 Å². The van der Waals surface area contributed by atoms with Crippen LogP contribution in [0.3, 0.4) is 0 Å². The standard InChI is InChI=1S/C16H17N3O/c1-19(2)12-7-5-6-11(10-12)16(20)13-8-3-4-9-14(13)18-15(16)17/h3-10,20H,1-2H3,(H2,17,18). The first kappa shape index (κ1) is 12.7. The Morgan fingerprint density at radius 2 is 1.85 bits per heavy atom. The summed E-state index contributed by atoms with van der Waals surface area (Å²) < 4.78 is 0. The Morgan fingerprint density at radius 1 is 1.10 bits per heavy atom. The van der Waals surface area contributed by atoms with Crippen molar-refractivity contribution in [2.24, 2.45) is 10.7 Å². The van der Waals surface area contributed by atoms with Crippen LogP contribution in [0.2, 0.25) is 0 Å². The fourth-order valence-corrected chi connectivity index (χ4v) is 2.54. The molecule has 102 valence electrons. The van der Waals surface area contributed by atoms with E-state index < -0.39 is 5.60 Å². The second kappa shape index (κ2) is 4.35. The topological polar surface area (TPSA) is 61.8 Å². The molecular formula is C16H17N3O. The predicted molar refractivity (Wildman–Crippen MR) is 81.5 cm³/mol. The molecule has 2 aromatic rings. The van der Waals surface area contributed by atoms with Crippen LogP contribution in [0.5, 0.6) is 0 Å². The van der Waals surface area contributed by atoms with E-state index in [-0.39, 0.29) is 5.84 Å². The minimum atomic E-state index is -1.34. The molecule has 0 saturated carbocycles. The zero-order valence-electron chi connectivity index (χ0n) is 11.5. The Balaban J connectivity index is 2.18. The predicted octanol–water partition coefficient (Wildman–Crippen LogP) is 1.99. The number of aliphatic imine (C=N–C) groups is 1. The summed E-state index contributed by atoms with van der Waals surface area (Å²) in [5.41, 5.74) is 7.86. The van der Waals surface area contributed by atoms with Gasteiger partial charge in [-0.3, -0.25) is 0 Å². The third-order valence-electron chi connectivity index (χ3n) is 3.69. The number of nitrogens with two attached hydrogens (primary N) is 1. The van der Waals surface area contributed by atoms with Gasteiger partial charge in [-0.2, -0.15) is 0 Å². The monoisotopic (exact) mass is 267 g/mol. The van der Waals surface area contributed by atoms with Crippen LogP contribution in [0.1, 0.15) is 11.1 Å². The SMILES string of the molecule is CN(C)c1cccc(C2(O)C(N)=Nc3ccccc32)c1. The van der Waals surface area contributed by atoms with E-state index in [0.29, 0.717) is 0 Å². The molecule has 2 aromatic carbocycles. The number of para-hydroxylation sites is 1. The summed E-state index contributed by atoms with van der Waals surface area (Å²) in [6.07, 6.45) is 0. The molecule has 1 aliphatic rings. The van der Waals surface area contributed by atoms with E-state index in [1.54, 1.807) is 0 Å². The van der Waals surface area contributed by atoms with Crippen molar-refractivity contribution in [1.82, 2.24) is 0 Å². The van der Waals surface area contributed by atoms with E-state index in [9.17, 15) is 5.11 Å². The first-order chi connectivity index (χ1) is 9.53. The average molecular weight is 267 g/mol. The maximum Gasteiger partial charge on any atom is 0.174 e. The number of aliphatic hydroxyl groups is 1. The van der Waals surface area contributed by atoms with Gasteiger partial charge in [0.05, 0.1) is 5.69 Å². The molecule has 0 aliphatic carbocycles. The van der Waals surface area contributed by atoms with E-state index in [1.807, 2.05) is 67.5 Å². The summed E-state index contributed by atoms with van der Waals surface area (Å²) in [6, 6.07) is 15.2. The summed E-state index contributed by atoms with van der Waals surface area (Å²) in [5, 5.41) is 11.1. The Kier molecular flexibility index (Phi) is 2.76. The quantitative estimate of drug-likeness (QED) is 0.874. The molecule has 0 bridgehead atoms. The minimum absolute atomic E-state index is 0.217. The summed E-state index contributed by atoms with van der Waals surface area (Å²) in [7, 11) is 3.92. The summed E-state index contributed by atoms with van der Waals surface area (Å²) in [6.45, 7) is 0. The van der Waals surface area contributed by atoms with Crippen LogP contribution in [0.4, 0.5) is 11.4 Å². The minimum Gasteiger partial charge on any atom is -0.384 e. The van der Waals surface area contributed by atoms with E-state index in [0.717, 1.165) is 22.5 Å². The highest BCUT2D eigenvalue weighted by Crippen LogP contribution is 2.42. The van der Waals surface area contributed by atoms with Crippen molar-refractivity contribution in [2.45, 2.75) is 5.60 Å². The molecule has 0 radical (unpaired) electrons. The molecule has 1 aliphatic heterocycles. The van der Waals surface area contributed by atoms with E-state index in [2.05, 4.69) is 4.99 Å². The Morgan fingerprint density at radius 3 is 2.60 bits per heavy atom. The second-order valence-corrected chi connectivity index (χ2v) is 5.17. The van der Waals surface area contributed by atoms with Gasteiger partial charge in [-0.25, -0.2) is 4.99 Å². The zero-order chi connectivity index (χ0) is 14.3. The van der Waals surface area contributed by atoms with Gasteiger partial charge in [0.1, 0.15) is 5.84 Å². The Labute approximate surface area is 118 Å². The summed E-state index contributed by atoms with van der Waals surface area (Å²) in [4.78, 5) is 6.27. The molecule has 1 atom stereocenters. The third kappa shape index (κ3) is 1.69. The maximum atomic E-state index is 11.1. The van der Waals surface area contributed by atoms with Crippen LogP contribution in [0, 0.1) is 0 Å². The van der Waals surface area contributed by atoms with Crippen LogP contribution < -0.4 is 10.6 Å². The molecular weight excluding hydrogens is 250 g/mol. The first-order valence-electron chi connectivity index (χ1n) is 6.48. The maximum absolute atomic E-state index is 11.1. The highest BCUT2D eigenvalue weighted by Gasteiger charge is 2.42. The molecule has 4 nitrogen and oxygen atoms in total. The van der Waals surface area contributed by atoms with Crippen LogP contribution >= 0.6 is 0 Å². The van der Waals surface area contributed by atoms with Gasteiger partial charge in [0, 0.05) is 25.3 Å². The van der Waals surface area contributed by atoms with Gasteiger partial charge in [-0.15, -0.1) is 0 Å². The van der Waals surface area contributed by atoms with Gasteiger partial charge in [0.2, 0.25) is 0 Å². The summed E-state index contributed by atoms with van der Waals surface area (Å²) in [5.74, 6) is 0.217. The van der Waals surface area contributed by atoms with Crippen molar-refractivity contribution in [3.8, 4) is 0 Å². The number of nitrogens with zero attached hydrogens (tertiary/aromatic N) is 2. The number of amidine groups is 1. The fraction of sp³-hybridized carbons (Fsp3) is 0.188. The molecule has 1 unspecified atom stereocenters. The third-order valence-corrected chi connectivity index (χ3v) is 3.69. The van der Waals surface area contributed by atoms with Crippen molar-refractivity contribution in [1.29, 1.82) is 0 Å². The number of rotatable bonds is 2. The fourth-order valence-electron chi connectivity index (χ4n) is 2.54. The number of benzene rings is 2. The number of anilines is 1. The average Bonchev–Trinajstić information content (AvgIpc) is 2.72. The van der Waals surface area contributed by atoms with Gasteiger partial charge in [0.15, 0.2) is 5.60 Å². The van der Waals surface area contributed by atoms with Crippen LogP contribution in [-0.4, -0.2) is 25.0 Å². The lowest BCUT2D eigenvalue weighted by atomic mass is 9.86. The number of hydrogen-bond acceptors (Lipinski definition) is 4. The Hall–Kier alpha value is -2.33. The van der Waals surface area contributed by atoms with Crippen molar-refractivity contribution in [2.75, 3.05) is 19.0 Å². The van der Waals surface area contributed by atoms with Crippen molar-refractivity contribution in [3.05, 3.63) is 59.7 Å². The normalized spacial score (nSPS) is 20.4. The van der Waals surface area contributed by atoms with Gasteiger partial charge in [-0.05, 0) is 23.8 Å². The lowest BCUT2D eigenvalue weighted by Gasteiger charge is -2.26. The lowest BCUT2D eigenvalue weighted by molar-refractivity contribution is 0.158. The van der Waals surface area contributed by atoms with Gasteiger partial charge < -0.3 is 15.7 Å². The van der Waals surface area contributed by atoms with E-state index >= 15 is 0 Å². The molecule has 0 saturated heterocycles. The van der Waals surface area contributed by atoms with Gasteiger partial charge in [0.25, 0.3) is 0 Å². The highest BCUT2D eigenvalue weighted by molar-refractivity contribution is 6.00. The largest absolute Gasteiger partial charge is 0.384 e. The van der Waals surface area contributed by atoms with Crippen molar-refractivity contribution >= 4 is 17.2 Å². The second-order valence-electron chi connectivity index (χ2n) is 5.17. The number of fused-ring (bicyclic) bond motifs is 1. The highest BCUT2D eigenvalue weighted by atomic mass is 16.3. The summed E-state index contributed by atoms with van der Waals surface area (Å²) >= 11 is 0. The Bertz CT molecular complexity index is 694. The smallest absolute Gasteiger partial charge is 0.174 e. The van der Waals surface area contributed by atoms with E-state index in [1.165, 1.54) is 0 Å². The van der Waals surface area contributed by atoms with Gasteiger partial charge >= 0.3 is 0 Å². The molecule has 0 amide bonds. The molecule has 0 fully saturated rings. The number of hydrogen-bond donors (Lipinski definition) is 2. The van der Waals surface area contributed by atoms with Crippen molar-refractivity contribution < 1.29 is 5.11 Å². The molecule has 1 heterocycles. The molecule has 20 heavy (non-hydrogen) atoms. The first-order valence-corrected chi connectivity index (χ1v) is 6.48. The molecule has 4 heteroatoms.